The maximum Gasteiger partial charge on any atom is 0.268 e. The first-order chi connectivity index (χ1) is 15.7. The van der Waals surface area contributed by atoms with Crippen molar-refractivity contribution in [2.24, 2.45) is 0 Å². The number of fused-ring (bicyclic) bond motifs is 1. The quantitative estimate of drug-likeness (QED) is 0.374. The summed E-state index contributed by atoms with van der Waals surface area (Å²) in [5.41, 5.74) is 2.65. The minimum atomic E-state index is -0.166. The average molecular weight is 468 g/mol. The molecule has 0 fully saturated rings. The Morgan fingerprint density at radius 2 is 1.97 bits per heavy atom. The summed E-state index contributed by atoms with van der Waals surface area (Å²) in [6.45, 7) is 2.95. The molecule has 32 heavy (non-hydrogen) atoms. The third kappa shape index (κ3) is 5.37. The van der Waals surface area contributed by atoms with Crippen molar-refractivity contribution in [2.75, 3.05) is 23.4 Å². The smallest absolute Gasteiger partial charge is 0.268 e. The van der Waals surface area contributed by atoms with E-state index in [-0.39, 0.29) is 17.2 Å². The SMILES string of the molecule is CCOc1ccccc1NC(=O)CSc1nc2c(c(=O)n1CCc1ccccc1)SCC2. The Labute approximate surface area is 195 Å². The van der Waals surface area contributed by atoms with Crippen molar-refractivity contribution < 1.29 is 9.53 Å². The van der Waals surface area contributed by atoms with Crippen LogP contribution in [-0.4, -0.2) is 33.6 Å². The lowest BCUT2D eigenvalue weighted by molar-refractivity contribution is -0.113. The molecule has 166 valence electrons. The predicted molar refractivity (Wildman–Crippen MR) is 130 cm³/mol. The number of nitrogens with one attached hydrogen (secondary N) is 1. The second kappa shape index (κ2) is 10.7. The summed E-state index contributed by atoms with van der Waals surface area (Å²) < 4.78 is 7.30. The van der Waals surface area contributed by atoms with Gasteiger partial charge in [-0.25, -0.2) is 4.98 Å². The Morgan fingerprint density at radius 3 is 2.78 bits per heavy atom. The molecule has 1 aliphatic rings. The number of nitrogens with zero attached hydrogens (tertiary/aromatic N) is 2. The van der Waals surface area contributed by atoms with Crippen molar-refractivity contribution in [1.82, 2.24) is 9.55 Å². The zero-order chi connectivity index (χ0) is 22.3. The van der Waals surface area contributed by atoms with Gasteiger partial charge in [-0.3, -0.25) is 14.2 Å². The minimum absolute atomic E-state index is 0.00182. The Hall–Kier alpha value is -2.71. The van der Waals surface area contributed by atoms with Gasteiger partial charge in [0, 0.05) is 18.7 Å². The molecule has 0 bridgehead atoms. The molecule has 2 heterocycles. The average Bonchev–Trinajstić information content (AvgIpc) is 3.28. The van der Waals surface area contributed by atoms with Gasteiger partial charge in [0.2, 0.25) is 5.91 Å². The highest BCUT2D eigenvalue weighted by molar-refractivity contribution is 8.00. The lowest BCUT2D eigenvalue weighted by Gasteiger charge is -2.14. The van der Waals surface area contributed by atoms with Gasteiger partial charge in [0.05, 0.1) is 28.6 Å². The molecule has 0 atom stereocenters. The monoisotopic (exact) mass is 467 g/mol. The van der Waals surface area contributed by atoms with Gasteiger partial charge in [-0.15, -0.1) is 11.8 Å². The third-order valence-electron chi connectivity index (χ3n) is 5.01. The molecule has 4 rings (SSSR count). The molecule has 0 aliphatic carbocycles. The first kappa shape index (κ1) is 22.5. The van der Waals surface area contributed by atoms with Crippen LogP contribution in [0, 0.1) is 0 Å². The third-order valence-corrected chi connectivity index (χ3v) is 7.09. The highest BCUT2D eigenvalue weighted by atomic mass is 32.2. The largest absolute Gasteiger partial charge is 0.492 e. The van der Waals surface area contributed by atoms with Gasteiger partial charge >= 0.3 is 0 Å². The summed E-state index contributed by atoms with van der Waals surface area (Å²) >= 11 is 2.87. The van der Waals surface area contributed by atoms with Crippen molar-refractivity contribution in [3.05, 3.63) is 76.2 Å². The van der Waals surface area contributed by atoms with E-state index in [9.17, 15) is 9.59 Å². The number of carbonyl (C=O) groups excluding carboxylic acids is 1. The summed E-state index contributed by atoms with van der Waals surface area (Å²) in [6.07, 6.45) is 1.52. The van der Waals surface area contributed by atoms with Crippen LogP contribution < -0.4 is 15.6 Å². The van der Waals surface area contributed by atoms with Gasteiger partial charge in [-0.1, -0.05) is 54.2 Å². The standard InChI is InChI=1S/C24H25N3O3S2/c1-2-30-20-11-7-6-10-18(20)25-21(28)16-32-24-26-19-13-15-31-22(19)23(29)27(24)14-12-17-8-4-3-5-9-17/h3-11H,2,12-16H2,1H3,(H,25,28). The summed E-state index contributed by atoms with van der Waals surface area (Å²) in [6, 6.07) is 17.4. The van der Waals surface area contributed by atoms with E-state index in [0.29, 0.717) is 29.7 Å². The lowest BCUT2D eigenvalue weighted by Crippen LogP contribution is -2.27. The van der Waals surface area contributed by atoms with Gasteiger partial charge in [0.1, 0.15) is 5.75 Å². The van der Waals surface area contributed by atoms with Gasteiger partial charge in [-0.2, -0.15) is 0 Å². The molecule has 1 N–H and O–H groups in total. The van der Waals surface area contributed by atoms with Crippen LogP contribution in [0.25, 0.3) is 0 Å². The van der Waals surface area contributed by atoms with Crippen LogP contribution in [0.5, 0.6) is 5.75 Å². The fourth-order valence-electron chi connectivity index (χ4n) is 3.48. The number of benzene rings is 2. The number of hydrogen-bond acceptors (Lipinski definition) is 6. The molecule has 1 amide bonds. The number of aryl methyl sites for hydroxylation is 2. The van der Waals surface area contributed by atoms with Gasteiger partial charge in [-0.05, 0) is 31.0 Å². The van der Waals surface area contributed by atoms with Gasteiger partial charge in [0.25, 0.3) is 5.56 Å². The van der Waals surface area contributed by atoms with Crippen LogP contribution >= 0.6 is 23.5 Å². The summed E-state index contributed by atoms with van der Waals surface area (Å²) in [5, 5.41) is 3.50. The number of rotatable bonds is 9. The number of ether oxygens (including phenoxy) is 1. The number of para-hydroxylation sites is 2. The molecule has 0 unspecified atom stereocenters. The molecular formula is C24H25N3O3S2. The molecule has 1 aromatic heterocycles. The van der Waals surface area contributed by atoms with E-state index in [0.717, 1.165) is 34.7 Å². The minimum Gasteiger partial charge on any atom is -0.492 e. The van der Waals surface area contributed by atoms with E-state index in [4.69, 9.17) is 9.72 Å². The fraction of sp³-hybridized carbons (Fsp3) is 0.292. The molecule has 0 saturated heterocycles. The summed E-state index contributed by atoms with van der Waals surface area (Å²) in [7, 11) is 0. The molecule has 8 heteroatoms. The summed E-state index contributed by atoms with van der Waals surface area (Å²) in [5.74, 6) is 1.50. The predicted octanol–water partition coefficient (Wildman–Crippen LogP) is 4.26. The van der Waals surface area contributed by atoms with Crippen molar-refractivity contribution in [3.63, 3.8) is 0 Å². The molecule has 0 saturated carbocycles. The van der Waals surface area contributed by atoms with Crippen molar-refractivity contribution in [3.8, 4) is 5.75 Å². The van der Waals surface area contributed by atoms with Crippen LogP contribution in [0.1, 0.15) is 18.2 Å². The fourth-order valence-corrected chi connectivity index (χ4v) is 5.37. The van der Waals surface area contributed by atoms with Gasteiger partial charge in [0.15, 0.2) is 5.16 Å². The molecular weight excluding hydrogens is 442 g/mol. The molecule has 0 radical (unpaired) electrons. The lowest BCUT2D eigenvalue weighted by atomic mass is 10.1. The van der Waals surface area contributed by atoms with Gasteiger partial charge < -0.3 is 10.1 Å². The van der Waals surface area contributed by atoms with E-state index >= 15 is 0 Å². The van der Waals surface area contributed by atoms with E-state index in [2.05, 4.69) is 17.4 Å². The molecule has 3 aromatic rings. The number of aromatic nitrogens is 2. The zero-order valence-electron chi connectivity index (χ0n) is 17.9. The number of carbonyl (C=O) groups is 1. The van der Waals surface area contributed by atoms with E-state index in [1.54, 1.807) is 16.3 Å². The van der Waals surface area contributed by atoms with Crippen LogP contribution in [-0.2, 0) is 24.2 Å². The van der Waals surface area contributed by atoms with Crippen LogP contribution in [0.15, 0.2) is 69.4 Å². The maximum atomic E-state index is 13.1. The zero-order valence-corrected chi connectivity index (χ0v) is 19.5. The van der Waals surface area contributed by atoms with E-state index in [1.165, 1.54) is 11.8 Å². The summed E-state index contributed by atoms with van der Waals surface area (Å²) in [4.78, 5) is 31.3. The first-order valence-corrected chi connectivity index (χ1v) is 12.6. The van der Waals surface area contributed by atoms with Crippen molar-refractivity contribution in [2.45, 2.75) is 36.4 Å². The Morgan fingerprint density at radius 1 is 1.19 bits per heavy atom. The van der Waals surface area contributed by atoms with E-state index < -0.39 is 0 Å². The molecule has 0 spiro atoms. The van der Waals surface area contributed by atoms with Crippen LogP contribution in [0.2, 0.25) is 0 Å². The van der Waals surface area contributed by atoms with Crippen LogP contribution in [0.3, 0.4) is 0 Å². The Balaban J connectivity index is 1.49. The highest BCUT2D eigenvalue weighted by Crippen LogP contribution is 2.29. The van der Waals surface area contributed by atoms with E-state index in [1.807, 2.05) is 49.4 Å². The molecule has 2 aromatic carbocycles. The second-order valence-electron chi connectivity index (χ2n) is 7.23. The Kier molecular flexibility index (Phi) is 7.55. The van der Waals surface area contributed by atoms with Crippen molar-refractivity contribution in [1.29, 1.82) is 0 Å². The number of thioether (sulfide) groups is 2. The second-order valence-corrected chi connectivity index (χ2v) is 9.27. The topological polar surface area (TPSA) is 73.2 Å². The molecule has 1 aliphatic heterocycles. The Bertz CT molecular complexity index is 1150. The molecule has 6 nitrogen and oxygen atoms in total. The number of amides is 1. The first-order valence-electron chi connectivity index (χ1n) is 10.6. The van der Waals surface area contributed by atoms with Crippen LogP contribution in [0.4, 0.5) is 5.69 Å². The van der Waals surface area contributed by atoms with Crippen molar-refractivity contribution >= 4 is 35.1 Å². The normalized spacial score (nSPS) is 12.4. The maximum absolute atomic E-state index is 13.1. The highest BCUT2D eigenvalue weighted by Gasteiger charge is 2.22. The number of hydrogen-bond donors (Lipinski definition) is 1. The number of anilines is 1.